The van der Waals surface area contributed by atoms with Gasteiger partial charge in [-0.05, 0) is 41.3 Å². The Balaban J connectivity index is 0.00000132. The first-order chi connectivity index (χ1) is 15.0. The molecule has 0 fully saturated rings. The highest BCUT2D eigenvalue weighted by Gasteiger charge is 2.42. The van der Waals surface area contributed by atoms with Gasteiger partial charge in [-0.2, -0.15) is 12.4 Å². The molecule has 1 aliphatic carbocycles. The first-order valence-corrected chi connectivity index (χ1v) is 10.1. The molecule has 2 aromatic rings. The third-order valence-electron chi connectivity index (χ3n) is 5.50. The van der Waals surface area contributed by atoms with Crippen molar-refractivity contribution in [2.24, 2.45) is 0 Å². The standard InChI is InChI=1S/C23H19ClN2O3.CH3O/c1-28-17-8-4-13(5-9-17)15-10-19(27)22-20(11-15)29-23(26)18(12-25)21(22)14-2-6-16(24)7-3-14;1-2/h2-9,15,21H,10-11,26H2,1H3;1H3/q;-1/p+1/t15-,21+;/m1./s1. The fourth-order valence-electron chi connectivity index (χ4n) is 4.05. The van der Waals surface area contributed by atoms with Crippen LogP contribution < -0.4 is 15.6 Å². The van der Waals surface area contributed by atoms with E-state index in [9.17, 15) is 10.1 Å². The summed E-state index contributed by atoms with van der Waals surface area (Å²) in [6, 6.07) is 17.1. The van der Waals surface area contributed by atoms with Crippen molar-refractivity contribution >= 4 is 17.4 Å². The molecule has 0 bridgehead atoms. The number of methoxy groups -OCH3 is 1. The average Bonchev–Trinajstić information content (AvgIpc) is 2.80. The van der Waals surface area contributed by atoms with Crippen LogP contribution in [0.1, 0.15) is 35.8 Å². The van der Waals surface area contributed by atoms with Gasteiger partial charge in [0, 0.05) is 23.4 Å². The van der Waals surface area contributed by atoms with E-state index in [0.717, 1.165) is 24.0 Å². The third-order valence-corrected chi connectivity index (χ3v) is 5.75. The van der Waals surface area contributed by atoms with Crippen LogP contribution >= 0.6 is 11.6 Å². The van der Waals surface area contributed by atoms with Crippen LogP contribution in [0, 0.1) is 11.3 Å². The van der Waals surface area contributed by atoms with Crippen LogP contribution in [0.5, 0.6) is 5.75 Å². The number of ether oxygens (including phenoxy) is 2. The number of nitrogens with zero attached hydrogens (tertiary/aromatic N) is 1. The lowest BCUT2D eigenvalue weighted by Gasteiger charge is -2.33. The van der Waals surface area contributed by atoms with Crippen molar-refractivity contribution in [2.45, 2.75) is 24.7 Å². The summed E-state index contributed by atoms with van der Waals surface area (Å²) >= 11 is 6.02. The number of carbonyl (C=O) groups is 1. The van der Waals surface area contributed by atoms with Gasteiger partial charge in [-0.15, -0.1) is 0 Å². The predicted molar refractivity (Wildman–Crippen MR) is 114 cm³/mol. The second-order valence-corrected chi connectivity index (χ2v) is 7.61. The molecule has 1 heterocycles. The lowest BCUT2D eigenvalue weighted by atomic mass is 9.73. The molecule has 0 aromatic heterocycles. The van der Waals surface area contributed by atoms with Gasteiger partial charge in [-0.25, -0.2) is 0 Å². The Bertz CT molecular complexity index is 1070. The molecule has 2 aromatic carbocycles. The van der Waals surface area contributed by atoms with Crippen molar-refractivity contribution in [3.8, 4) is 11.8 Å². The van der Waals surface area contributed by atoms with Crippen molar-refractivity contribution < 1.29 is 25.1 Å². The van der Waals surface area contributed by atoms with E-state index < -0.39 is 5.92 Å². The van der Waals surface area contributed by atoms with Gasteiger partial charge in [0.1, 0.15) is 23.2 Å². The fourth-order valence-corrected chi connectivity index (χ4v) is 4.18. The van der Waals surface area contributed by atoms with E-state index in [1.54, 1.807) is 19.2 Å². The number of nitriles is 1. The van der Waals surface area contributed by atoms with E-state index in [-0.39, 0.29) is 11.7 Å². The molecular weight excluding hydrogens is 416 g/mol. The quantitative estimate of drug-likeness (QED) is 0.792. The van der Waals surface area contributed by atoms with Gasteiger partial charge in [0.25, 0.3) is 0 Å². The molecule has 0 radical (unpaired) electrons. The summed E-state index contributed by atoms with van der Waals surface area (Å²) in [7, 11) is 2.37. The molecule has 0 saturated carbocycles. The van der Waals surface area contributed by atoms with E-state index in [2.05, 4.69) is 11.8 Å². The zero-order chi connectivity index (χ0) is 22.5. The molecule has 0 saturated heterocycles. The fraction of sp³-hybridized carbons (Fsp3) is 0.250. The summed E-state index contributed by atoms with van der Waals surface area (Å²) in [6.45, 7) is 0. The topological polar surface area (TPSA) is 110 Å². The summed E-state index contributed by atoms with van der Waals surface area (Å²) in [4.78, 5) is 13.2. The molecular formula is C24H23ClN2O4. The van der Waals surface area contributed by atoms with E-state index in [4.69, 9.17) is 26.2 Å². The van der Waals surface area contributed by atoms with Crippen LogP contribution in [-0.4, -0.2) is 20.0 Å². The number of hydrogen-bond donors (Lipinski definition) is 1. The maximum atomic E-state index is 13.2. The third kappa shape index (κ3) is 4.49. The SMILES string of the molecule is COc1ccc([C@@H]2CC(=O)C3=C(C2)OC([NH3+])=C(C#N)[C@@H]3c2ccc(Cl)cc2)cc1.C[O-]. The molecule has 2 atom stereocenters. The van der Waals surface area contributed by atoms with Gasteiger partial charge in [-0.1, -0.05) is 35.9 Å². The smallest absolute Gasteiger partial charge is 0.306 e. The monoisotopic (exact) mass is 438 g/mol. The number of benzene rings is 2. The van der Waals surface area contributed by atoms with Crippen LogP contribution in [-0.2, 0) is 9.53 Å². The molecule has 31 heavy (non-hydrogen) atoms. The van der Waals surface area contributed by atoms with Gasteiger partial charge in [0.15, 0.2) is 5.78 Å². The minimum atomic E-state index is -0.474. The number of allylic oxidation sites excluding steroid dienone is 3. The number of ketones is 1. The normalized spacial score (nSPS) is 20.2. The summed E-state index contributed by atoms with van der Waals surface area (Å²) in [5.41, 5.74) is 6.73. The van der Waals surface area contributed by atoms with Crippen molar-refractivity contribution in [1.82, 2.24) is 0 Å². The minimum Gasteiger partial charge on any atom is -0.857 e. The number of rotatable bonds is 3. The van der Waals surface area contributed by atoms with Crippen LogP contribution in [0.15, 0.2) is 71.3 Å². The summed E-state index contributed by atoms with van der Waals surface area (Å²) < 4.78 is 11.1. The highest BCUT2D eigenvalue weighted by atomic mass is 35.5. The molecule has 160 valence electrons. The van der Waals surface area contributed by atoms with Crippen molar-refractivity contribution in [3.63, 3.8) is 0 Å². The van der Waals surface area contributed by atoms with Crippen LogP contribution in [0.4, 0.5) is 0 Å². The second-order valence-electron chi connectivity index (χ2n) is 7.17. The first-order valence-electron chi connectivity index (χ1n) is 9.72. The largest absolute Gasteiger partial charge is 0.857 e. The van der Waals surface area contributed by atoms with E-state index in [1.165, 1.54) is 0 Å². The molecule has 0 amide bonds. The van der Waals surface area contributed by atoms with E-state index >= 15 is 0 Å². The molecule has 4 rings (SSSR count). The average molecular weight is 439 g/mol. The van der Waals surface area contributed by atoms with E-state index in [0.29, 0.717) is 40.7 Å². The Labute approximate surface area is 186 Å². The molecule has 3 N–H and O–H groups in total. The molecule has 0 unspecified atom stereocenters. The van der Waals surface area contributed by atoms with Gasteiger partial charge in [-0.3, -0.25) is 10.5 Å². The molecule has 1 aliphatic heterocycles. The maximum absolute atomic E-state index is 13.2. The number of carbonyl (C=O) groups excluding carboxylic acids is 1. The molecule has 0 spiro atoms. The van der Waals surface area contributed by atoms with Crippen molar-refractivity contribution in [2.75, 3.05) is 14.2 Å². The number of halogens is 1. The second kappa shape index (κ2) is 9.80. The Morgan fingerprint density at radius 1 is 1.10 bits per heavy atom. The Hall–Kier alpha value is -3.11. The van der Waals surface area contributed by atoms with Crippen LogP contribution in [0.2, 0.25) is 5.02 Å². The highest BCUT2D eigenvalue weighted by molar-refractivity contribution is 6.30. The molecule has 6 nitrogen and oxygen atoms in total. The number of Topliss-reactive ketones (excluding diaryl/α,β-unsaturated/α-hetero) is 1. The minimum absolute atomic E-state index is 0.00716. The van der Waals surface area contributed by atoms with Gasteiger partial charge < -0.3 is 14.6 Å². The number of hydrogen-bond acceptors (Lipinski definition) is 5. The number of quaternary nitrogens is 1. The Kier molecular flexibility index (Phi) is 7.13. The Morgan fingerprint density at radius 3 is 2.29 bits per heavy atom. The van der Waals surface area contributed by atoms with Gasteiger partial charge in [0.05, 0.1) is 13.0 Å². The molecule has 2 aliphatic rings. The summed E-state index contributed by atoms with van der Waals surface area (Å²) in [5, 5.41) is 18.6. The Morgan fingerprint density at radius 2 is 1.71 bits per heavy atom. The zero-order valence-corrected chi connectivity index (χ0v) is 18.1. The highest BCUT2D eigenvalue weighted by Crippen LogP contribution is 2.46. The van der Waals surface area contributed by atoms with Crippen molar-refractivity contribution in [3.05, 3.63) is 87.5 Å². The summed E-state index contributed by atoms with van der Waals surface area (Å²) in [6.07, 6.45) is 0.943. The van der Waals surface area contributed by atoms with Crippen LogP contribution in [0.3, 0.4) is 0 Å². The van der Waals surface area contributed by atoms with Crippen LogP contribution in [0.25, 0.3) is 0 Å². The lowest BCUT2D eigenvalue weighted by molar-refractivity contribution is -0.354. The maximum Gasteiger partial charge on any atom is 0.306 e. The zero-order valence-electron chi connectivity index (χ0n) is 17.4. The van der Waals surface area contributed by atoms with Gasteiger partial charge >= 0.3 is 5.88 Å². The molecule has 7 heteroatoms. The summed E-state index contributed by atoms with van der Waals surface area (Å²) in [5.74, 6) is 1.20. The first kappa shape index (κ1) is 22.6. The predicted octanol–water partition coefficient (Wildman–Crippen LogP) is 2.82. The lowest BCUT2D eigenvalue weighted by Crippen LogP contribution is -2.51. The van der Waals surface area contributed by atoms with E-state index in [1.807, 2.05) is 36.4 Å². The van der Waals surface area contributed by atoms with Crippen molar-refractivity contribution in [1.29, 1.82) is 5.26 Å². The van der Waals surface area contributed by atoms with Gasteiger partial charge in [0.2, 0.25) is 0 Å².